The maximum atomic E-state index is 13.5. The first kappa shape index (κ1) is 21.4. The summed E-state index contributed by atoms with van der Waals surface area (Å²) in [5.41, 5.74) is 1.79. The van der Waals surface area contributed by atoms with Gasteiger partial charge in [0.2, 0.25) is 0 Å². The summed E-state index contributed by atoms with van der Waals surface area (Å²) in [5, 5.41) is 14.7. The predicted octanol–water partition coefficient (Wildman–Crippen LogP) is 4.29. The molecule has 6 rings (SSSR count). The van der Waals surface area contributed by atoms with Crippen molar-refractivity contribution in [1.29, 1.82) is 0 Å². The van der Waals surface area contributed by atoms with E-state index in [4.69, 9.17) is 0 Å². The van der Waals surface area contributed by atoms with Gasteiger partial charge in [0.15, 0.2) is 0 Å². The number of allylic oxidation sites excluding steroid dienone is 2. The highest BCUT2D eigenvalue weighted by atomic mass is 32.1. The third kappa shape index (κ3) is 3.70. The molecule has 2 bridgehead atoms. The molecule has 0 radical (unpaired) electrons. The summed E-state index contributed by atoms with van der Waals surface area (Å²) in [6.45, 7) is 5.55. The molecule has 1 saturated heterocycles. The number of amides is 1. The Morgan fingerprint density at radius 2 is 1.97 bits per heavy atom. The molecule has 0 spiro atoms. The van der Waals surface area contributed by atoms with Crippen LogP contribution < -0.4 is 10.2 Å². The van der Waals surface area contributed by atoms with Gasteiger partial charge in [0, 0.05) is 32.7 Å². The van der Waals surface area contributed by atoms with Gasteiger partial charge < -0.3 is 20.2 Å². The van der Waals surface area contributed by atoms with Crippen molar-refractivity contribution < 1.29 is 9.90 Å². The van der Waals surface area contributed by atoms with Crippen LogP contribution in [0.3, 0.4) is 0 Å². The van der Waals surface area contributed by atoms with Crippen molar-refractivity contribution in [3.63, 3.8) is 0 Å². The fourth-order valence-corrected chi connectivity index (χ4v) is 6.91. The Kier molecular flexibility index (Phi) is 5.40. The Bertz CT molecular complexity index is 1260. The van der Waals surface area contributed by atoms with E-state index in [1.807, 2.05) is 30.0 Å². The molecule has 3 aliphatic rings. The number of para-hydroxylation sites is 2. The van der Waals surface area contributed by atoms with E-state index in [0.29, 0.717) is 38.0 Å². The second-order valence-electron chi connectivity index (χ2n) is 9.65. The van der Waals surface area contributed by atoms with Crippen LogP contribution in [-0.4, -0.2) is 58.6 Å². The van der Waals surface area contributed by atoms with Crippen molar-refractivity contribution in [3.8, 4) is 5.75 Å². The van der Waals surface area contributed by atoms with Gasteiger partial charge in [0.1, 0.15) is 22.7 Å². The quantitative estimate of drug-likeness (QED) is 0.536. The first-order valence-electron chi connectivity index (χ1n) is 12.1. The summed E-state index contributed by atoms with van der Waals surface area (Å²) < 4.78 is 0. The van der Waals surface area contributed by atoms with Crippen LogP contribution in [0.1, 0.15) is 28.1 Å². The summed E-state index contributed by atoms with van der Waals surface area (Å²) in [7, 11) is 0. The number of phenols is 1. The zero-order chi connectivity index (χ0) is 23.2. The van der Waals surface area contributed by atoms with E-state index >= 15 is 0 Å². The third-order valence-corrected chi connectivity index (χ3v) is 8.85. The Morgan fingerprint density at radius 3 is 2.71 bits per heavy atom. The Labute approximate surface area is 203 Å². The number of hydrogen-bond donors (Lipinski definition) is 2. The van der Waals surface area contributed by atoms with Crippen LogP contribution >= 0.6 is 11.3 Å². The molecular weight excluding hydrogens is 446 g/mol. The van der Waals surface area contributed by atoms with Gasteiger partial charge in [0.05, 0.1) is 16.0 Å². The number of nitrogens with one attached hydrogen (secondary N) is 1. The number of carbonyl (C=O) groups excluding carboxylic acids is 1. The fourth-order valence-electron chi connectivity index (χ4n) is 5.79. The number of anilines is 2. The normalized spacial score (nSPS) is 23.7. The number of piperazine rings is 1. The molecule has 2 aromatic heterocycles. The average molecular weight is 476 g/mol. The van der Waals surface area contributed by atoms with Gasteiger partial charge in [-0.05, 0) is 55.2 Å². The van der Waals surface area contributed by atoms with Crippen LogP contribution in [0.25, 0.3) is 10.2 Å². The van der Waals surface area contributed by atoms with E-state index in [2.05, 4.69) is 32.3 Å². The molecule has 3 heterocycles. The molecule has 2 aliphatic carbocycles. The number of aromatic hydroxyl groups is 1. The number of hydrogen-bond acceptors (Lipinski definition) is 7. The van der Waals surface area contributed by atoms with E-state index in [0.717, 1.165) is 44.6 Å². The van der Waals surface area contributed by atoms with Crippen LogP contribution in [0, 0.1) is 24.7 Å². The first-order chi connectivity index (χ1) is 16.6. The summed E-state index contributed by atoms with van der Waals surface area (Å²) in [6, 6.07) is 7.37. The number of phenolic OH excluding ortho intramolecular Hbond substituents is 1. The summed E-state index contributed by atoms with van der Waals surface area (Å²) >= 11 is 1.46. The van der Waals surface area contributed by atoms with Crippen molar-refractivity contribution >= 4 is 39.0 Å². The molecule has 1 aliphatic heterocycles. The van der Waals surface area contributed by atoms with E-state index in [1.54, 1.807) is 12.4 Å². The van der Waals surface area contributed by atoms with Crippen molar-refractivity contribution in [2.24, 2.45) is 17.8 Å². The summed E-state index contributed by atoms with van der Waals surface area (Å²) in [5.74, 6) is 3.27. The van der Waals surface area contributed by atoms with Crippen LogP contribution in [0.15, 0.2) is 42.7 Å². The highest BCUT2D eigenvalue weighted by molar-refractivity contribution is 7.20. The maximum absolute atomic E-state index is 13.5. The third-order valence-electron chi connectivity index (χ3n) is 7.66. The van der Waals surface area contributed by atoms with Crippen LogP contribution in [0.4, 0.5) is 11.5 Å². The highest BCUT2D eigenvalue weighted by Gasteiger charge is 2.35. The van der Waals surface area contributed by atoms with E-state index in [-0.39, 0.29) is 11.7 Å². The zero-order valence-electron chi connectivity index (χ0n) is 19.3. The molecule has 1 amide bonds. The predicted molar refractivity (Wildman–Crippen MR) is 136 cm³/mol. The largest absolute Gasteiger partial charge is 0.506 e. The fraction of sp³-hybridized carbons (Fsp3) is 0.423. The number of aryl methyl sites for hydroxylation is 1. The van der Waals surface area contributed by atoms with E-state index < -0.39 is 0 Å². The van der Waals surface area contributed by atoms with Gasteiger partial charge in [0.25, 0.3) is 5.91 Å². The SMILES string of the molecule is Cc1c(C(=O)N2CCN(c3ccccc3O)CC2)sc2ncnc(NC[C@H]3C[C@@H]4C=C[C@H]3C4)c12. The minimum atomic E-state index is 0.0571. The molecule has 176 valence electrons. The van der Waals surface area contributed by atoms with Crippen molar-refractivity contribution in [2.45, 2.75) is 19.8 Å². The van der Waals surface area contributed by atoms with Gasteiger partial charge in [-0.1, -0.05) is 24.3 Å². The lowest BCUT2D eigenvalue weighted by Crippen LogP contribution is -2.48. The van der Waals surface area contributed by atoms with Gasteiger partial charge in [-0.25, -0.2) is 9.97 Å². The molecule has 34 heavy (non-hydrogen) atoms. The monoisotopic (exact) mass is 475 g/mol. The van der Waals surface area contributed by atoms with Gasteiger partial charge in [-0.2, -0.15) is 0 Å². The van der Waals surface area contributed by atoms with E-state index in [9.17, 15) is 9.90 Å². The van der Waals surface area contributed by atoms with Gasteiger partial charge in [-0.3, -0.25) is 4.79 Å². The van der Waals surface area contributed by atoms with E-state index in [1.165, 1.54) is 24.2 Å². The lowest BCUT2D eigenvalue weighted by molar-refractivity contribution is 0.0751. The van der Waals surface area contributed by atoms with Gasteiger partial charge in [-0.15, -0.1) is 11.3 Å². The summed E-state index contributed by atoms with van der Waals surface area (Å²) in [6.07, 6.45) is 8.88. The molecule has 0 unspecified atom stereocenters. The Morgan fingerprint density at radius 1 is 1.15 bits per heavy atom. The van der Waals surface area contributed by atoms with Crippen molar-refractivity contribution in [2.75, 3.05) is 42.9 Å². The Hall–Kier alpha value is -3.13. The first-order valence-corrected chi connectivity index (χ1v) is 12.9. The number of rotatable bonds is 5. The van der Waals surface area contributed by atoms with Crippen LogP contribution in [0.5, 0.6) is 5.75 Å². The number of thiophene rings is 1. The van der Waals surface area contributed by atoms with Crippen LogP contribution in [0.2, 0.25) is 0 Å². The number of benzene rings is 1. The lowest BCUT2D eigenvalue weighted by atomic mass is 9.93. The molecule has 2 N–H and O–H groups in total. The molecular formula is C26H29N5O2S. The highest BCUT2D eigenvalue weighted by Crippen LogP contribution is 2.43. The zero-order valence-corrected chi connectivity index (χ0v) is 20.1. The second kappa shape index (κ2) is 8.58. The number of nitrogens with zero attached hydrogens (tertiary/aromatic N) is 4. The minimum Gasteiger partial charge on any atom is -0.506 e. The molecule has 3 atom stereocenters. The standard InChI is InChI=1S/C26H29N5O2S/c1-16-22-24(27-14-19-13-17-6-7-18(19)12-17)28-15-29-25(22)34-23(16)26(33)31-10-8-30(9-11-31)20-4-2-3-5-21(20)32/h2-7,15,17-19,32H,8-14H2,1H3,(H,27,28,29)/t17-,18+,19-/m1/s1. The molecule has 7 nitrogen and oxygen atoms in total. The number of fused-ring (bicyclic) bond motifs is 3. The molecule has 1 aromatic carbocycles. The van der Waals surface area contributed by atoms with Crippen LogP contribution in [-0.2, 0) is 0 Å². The molecule has 8 heteroatoms. The lowest BCUT2D eigenvalue weighted by Gasteiger charge is -2.36. The number of carbonyl (C=O) groups is 1. The second-order valence-corrected chi connectivity index (χ2v) is 10.6. The summed E-state index contributed by atoms with van der Waals surface area (Å²) in [4.78, 5) is 28.1. The number of aromatic nitrogens is 2. The smallest absolute Gasteiger partial charge is 0.264 e. The molecule has 1 saturated carbocycles. The average Bonchev–Trinajstić information content (AvgIpc) is 3.58. The topological polar surface area (TPSA) is 81.6 Å². The van der Waals surface area contributed by atoms with Crippen molar-refractivity contribution in [3.05, 3.63) is 53.2 Å². The molecule has 2 fully saturated rings. The maximum Gasteiger partial charge on any atom is 0.264 e. The van der Waals surface area contributed by atoms with Gasteiger partial charge >= 0.3 is 0 Å². The minimum absolute atomic E-state index is 0.0571. The van der Waals surface area contributed by atoms with Crippen molar-refractivity contribution in [1.82, 2.24) is 14.9 Å². The molecule has 3 aromatic rings. The Balaban J connectivity index is 1.17.